The van der Waals surface area contributed by atoms with Crippen LogP contribution in [-0.2, 0) is 14.3 Å². The van der Waals surface area contributed by atoms with Crippen LogP contribution in [0, 0.1) is 0 Å². The number of rotatable bonds is 3. The van der Waals surface area contributed by atoms with E-state index in [0.717, 1.165) is 6.42 Å². The Labute approximate surface area is 144 Å². The Bertz CT molecular complexity index is 788. The molecule has 2 saturated heterocycles. The molecule has 1 aromatic heterocycles. The first kappa shape index (κ1) is 16.1. The van der Waals surface area contributed by atoms with Gasteiger partial charge in [0.2, 0.25) is 5.76 Å². The van der Waals surface area contributed by atoms with E-state index in [2.05, 4.69) is 5.32 Å². The summed E-state index contributed by atoms with van der Waals surface area (Å²) in [5.41, 5.74) is 0.995. The molecule has 0 unspecified atom stereocenters. The molecule has 2 aromatic rings. The molecule has 0 aliphatic carbocycles. The number of anilines is 1. The molecule has 2 aliphatic rings. The molecule has 0 bridgehead atoms. The lowest BCUT2D eigenvalue weighted by molar-refractivity contribution is -0.124. The Morgan fingerprint density at radius 3 is 2.68 bits per heavy atom. The molecule has 132 valence electrons. The Morgan fingerprint density at radius 1 is 1.12 bits per heavy atom. The van der Waals surface area contributed by atoms with Crippen molar-refractivity contribution in [3.05, 3.63) is 30.0 Å². The van der Waals surface area contributed by atoms with Gasteiger partial charge in [-0.2, -0.15) is 0 Å². The van der Waals surface area contributed by atoms with Gasteiger partial charge in [0.05, 0.1) is 13.2 Å². The Morgan fingerprint density at radius 2 is 1.92 bits per heavy atom. The summed E-state index contributed by atoms with van der Waals surface area (Å²) in [5, 5.41) is 3.57. The number of ether oxygens (including phenoxy) is 2. The van der Waals surface area contributed by atoms with Crippen molar-refractivity contribution in [2.24, 2.45) is 0 Å². The zero-order valence-corrected chi connectivity index (χ0v) is 13.8. The van der Waals surface area contributed by atoms with Gasteiger partial charge in [0, 0.05) is 25.1 Å². The molecule has 1 atom stereocenters. The predicted molar refractivity (Wildman–Crippen MR) is 90.5 cm³/mol. The average molecular weight is 344 g/mol. The number of benzene rings is 1. The van der Waals surface area contributed by atoms with Crippen LogP contribution in [0.3, 0.4) is 0 Å². The van der Waals surface area contributed by atoms with Gasteiger partial charge in [-0.15, -0.1) is 0 Å². The molecular weight excluding hydrogens is 324 g/mol. The monoisotopic (exact) mass is 344 g/mol. The topological polar surface area (TPSA) is 81.0 Å². The van der Waals surface area contributed by atoms with Crippen LogP contribution in [0.1, 0.15) is 23.4 Å². The average Bonchev–Trinajstić information content (AvgIpc) is 3.30. The van der Waals surface area contributed by atoms with Gasteiger partial charge in [0.25, 0.3) is 11.8 Å². The van der Waals surface area contributed by atoms with Crippen molar-refractivity contribution >= 4 is 28.5 Å². The zero-order valence-electron chi connectivity index (χ0n) is 13.8. The number of carbonyl (C=O) groups is 2. The molecule has 2 amide bonds. The second kappa shape index (κ2) is 6.85. The molecule has 2 aliphatic heterocycles. The third-order valence-corrected chi connectivity index (χ3v) is 4.56. The van der Waals surface area contributed by atoms with E-state index < -0.39 is 6.10 Å². The van der Waals surface area contributed by atoms with E-state index in [9.17, 15) is 9.59 Å². The van der Waals surface area contributed by atoms with E-state index in [4.69, 9.17) is 13.9 Å². The standard InChI is InChI=1S/C18H20N2O5/c21-17(14-6-3-9-24-14)19-15-12-4-1-2-5-13(12)25-16(15)18(22)20-7-10-23-11-8-20/h1-2,4-5,14H,3,6-11H2,(H,19,21)/t14-/m0/s1. The normalized spacial score (nSPS) is 20.8. The van der Waals surface area contributed by atoms with E-state index in [0.29, 0.717) is 56.0 Å². The fourth-order valence-electron chi connectivity index (χ4n) is 3.22. The van der Waals surface area contributed by atoms with Gasteiger partial charge in [-0.25, -0.2) is 0 Å². The highest BCUT2D eigenvalue weighted by Crippen LogP contribution is 2.32. The van der Waals surface area contributed by atoms with Crippen LogP contribution in [-0.4, -0.2) is 55.7 Å². The lowest BCUT2D eigenvalue weighted by atomic mass is 10.2. The van der Waals surface area contributed by atoms with Crippen molar-refractivity contribution in [3.63, 3.8) is 0 Å². The maximum atomic E-state index is 12.9. The van der Waals surface area contributed by atoms with Crippen molar-refractivity contribution in [3.8, 4) is 0 Å². The first-order valence-corrected chi connectivity index (χ1v) is 8.55. The number of hydrogen-bond acceptors (Lipinski definition) is 5. The Balaban J connectivity index is 1.67. The van der Waals surface area contributed by atoms with E-state index in [-0.39, 0.29) is 17.6 Å². The summed E-state index contributed by atoms with van der Waals surface area (Å²) in [6.07, 6.45) is 1.08. The molecule has 4 rings (SSSR count). The molecule has 7 nitrogen and oxygen atoms in total. The number of morpholine rings is 1. The SMILES string of the molecule is O=C(Nc1c(C(=O)N2CCOCC2)oc2ccccc12)[C@@H]1CCCO1. The van der Waals surface area contributed by atoms with Crippen LogP contribution in [0.15, 0.2) is 28.7 Å². The van der Waals surface area contributed by atoms with Gasteiger partial charge < -0.3 is 24.1 Å². The molecule has 1 aromatic carbocycles. The molecule has 0 radical (unpaired) electrons. The highest BCUT2D eigenvalue weighted by molar-refractivity contribution is 6.11. The number of para-hydroxylation sites is 1. The fourth-order valence-corrected chi connectivity index (χ4v) is 3.22. The molecule has 0 spiro atoms. The highest BCUT2D eigenvalue weighted by atomic mass is 16.5. The number of nitrogens with one attached hydrogen (secondary N) is 1. The van der Waals surface area contributed by atoms with Crippen molar-refractivity contribution < 1.29 is 23.5 Å². The first-order chi connectivity index (χ1) is 12.2. The van der Waals surface area contributed by atoms with Crippen LogP contribution < -0.4 is 5.32 Å². The number of fused-ring (bicyclic) bond motifs is 1. The summed E-state index contributed by atoms with van der Waals surface area (Å²) < 4.78 is 16.5. The number of nitrogens with zero attached hydrogens (tertiary/aromatic N) is 1. The minimum atomic E-state index is -0.472. The smallest absolute Gasteiger partial charge is 0.291 e. The van der Waals surface area contributed by atoms with Gasteiger partial charge in [-0.05, 0) is 25.0 Å². The Kier molecular flexibility index (Phi) is 4.42. The van der Waals surface area contributed by atoms with E-state index >= 15 is 0 Å². The number of furan rings is 1. The molecule has 7 heteroatoms. The molecule has 1 N–H and O–H groups in total. The fraction of sp³-hybridized carbons (Fsp3) is 0.444. The number of amides is 2. The summed E-state index contributed by atoms with van der Waals surface area (Å²) in [6, 6.07) is 7.30. The second-order valence-electron chi connectivity index (χ2n) is 6.20. The van der Waals surface area contributed by atoms with Crippen molar-refractivity contribution in [2.75, 3.05) is 38.2 Å². The van der Waals surface area contributed by atoms with Crippen LogP contribution in [0.25, 0.3) is 11.0 Å². The van der Waals surface area contributed by atoms with Crippen molar-refractivity contribution in [1.29, 1.82) is 0 Å². The third-order valence-electron chi connectivity index (χ3n) is 4.56. The largest absolute Gasteiger partial charge is 0.449 e. The van der Waals surface area contributed by atoms with Crippen LogP contribution in [0.2, 0.25) is 0 Å². The lowest BCUT2D eigenvalue weighted by Crippen LogP contribution is -2.41. The van der Waals surface area contributed by atoms with Gasteiger partial charge in [0.15, 0.2) is 0 Å². The third kappa shape index (κ3) is 3.12. The minimum Gasteiger partial charge on any atom is -0.449 e. The van der Waals surface area contributed by atoms with E-state index in [1.165, 1.54) is 0 Å². The molecule has 2 fully saturated rings. The van der Waals surface area contributed by atoms with E-state index in [1.54, 1.807) is 11.0 Å². The summed E-state index contributed by atoms with van der Waals surface area (Å²) in [5.74, 6) is -0.309. The van der Waals surface area contributed by atoms with Gasteiger partial charge in [0.1, 0.15) is 17.4 Å². The van der Waals surface area contributed by atoms with Gasteiger partial charge in [-0.3, -0.25) is 9.59 Å². The first-order valence-electron chi connectivity index (χ1n) is 8.55. The molecule has 0 saturated carbocycles. The molecular formula is C18H20N2O5. The van der Waals surface area contributed by atoms with Crippen molar-refractivity contribution in [2.45, 2.75) is 18.9 Å². The minimum absolute atomic E-state index is 0.162. The molecule has 3 heterocycles. The summed E-state index contributed by atoms with van der Waals surface area (Å²) in [6.45, 7) is 2.61. The van der Waals surface area contributed by atoms with Crippen LogP contribution in [0.4, 0.5) is 5.69 Å². The second-order valence-corrected chi connectivity index (χ2v) is 6.20. The zero-order chi connectivity index (χ0) is 17.2. The Hall–Kier alpha value is -2.38. The highest BCUT2D eigenvalue weighted by Gasteiger charge is 2.30. The van der Waals surface area contributed by atoms with Gasteiger partial charge in [-0.1, -0.05) is 12.1 Å². The van der Waals surface area contributed by atoms with Crippen molar-refractivity contribution in [1.82, 2.24) is 4.90 Å². The van der Waals surface area contributed by atoms with E-state index in [1.807, 2.05) is 18.2 Å². The maximum Gasteiger partial charge on any atom is 0.291 e. The number of hydrogen-bond donors (Lipinski definition) is 1. The predicted octanol–water partition coefficient (Wildman–Crippen LogP) is 2.02. The summed E-state index contributed by atoms with van der Waals surface area (Å²) >= 11 is 0. The quantitative estimate of drug-likeness (QED) is 0.921. The van der Waals surface area contributed by atoms with Crippen LogP contribution in [0.5, 0.6) is 0 Å². The van der Waals surface area contributed by atoms with Crippen LogP contribution >= 0.6 is 0 Å². The number of carbonyl (C=O) groups excluding carboxylic acids is 2. The maximum absolute atomic E-state index is 12.9. The molecule has 25 heavy (non-hydrogen) atoms. The summed E-state index contributed by atoms with van der Waals surface area (Å²) in [4.78, 5) is 27.1. The summed E-state index contributed by atoms with van der Waals surface area (Å²) in [7, 11) is 0. The van der Waals surface area contributed by atoms with Gasteiger partial charge >= 0.3 is 0 Å². The lowest BCUT2D eigenvalue weighted by Gasteiger charge is -2.26.